The molecule has 23 heavy (non-hydrogen) atoms. The highest BCUT2D eigenvalue weighted by molar-refractivity contribution is 5.76. The number of para-hydroxylation sites is 2. The highest BCUT2D eigenvalue weighted by atomic mass is 16.4. The van der Waals surface area contributed by atoms with Crippen LogP contribution in [0.3, 0.4) is 0 Å². The van der Waals surface area contributed by atoms with Gasteiger partial charge in [0, 0.05) is 18.6 Å². The lowest BCUT2D eigenvalue weighted by Gasteiger charge is -2.24. The van der Waals surface area contributed by atoms with Crippen molar-refractivity contribution in [3.8, 4) is 0 Å². The van der Waals surface area contributed by atoms with E-state index in [1.165, 1.54) is 12.8 Å². The topological polar surface area (TPSA) is 76.3 Å². The third-order valence-electron chi connectivity index (χ3n) is 4.47. The van der Waals surface area contributed by atoms with E-state index in [-0.39, 0.29) is 5.69 Å². The van der Waals surface area contributed by atoms with Crippen molar-refractivity contribution in [2.75, 3.05) is 0 Å². The molecule has 2 aromatic rings. The number of hydrogen-bond acceptors (Lipinski definition) is 2. The Morgan fingerprint density at radius 3 is 2.43 bits per heavy atom. The molecular weight excluding hydrogens is 294 g/mol. The molecule has 0 atom stereocenters. The van der Waals surface area contributed by atoms with Gasteiger partial charge in [0.25, 0.3) is 0 Å². The molecule has 1 aliphatic carbocycles. The molecular formula is C17H23N3O3. The standard InChI is InChI=1S/C17H23N3O3/c1-17(2,18-15(21)22)9-10-19-13-5-3-4-6-14(13)20(16(19)23)11-12-7-8-12/h3-6,12,18H,7-11H2,1-2H3,(H,21,22). The second-order valence-corrected chi connectivity index (χ2v) is 7.04. The zero-order valence-electron chi connectivity index (χ0n) is 13.6. The van der Waals surface area contributed by atoms with Crippen molar-refractivity contribution in [3.63, 3.8) is 0 Å². The number of aryl methyl sites for hydroxylation is 1. The fourth-order valence-corrected chi connectivity index (χ4v) is 2.97. The van der Waals surface area contributed by atoms with Gasteiger partial charge in [-0.15, -0.1) is 0 Å². The number of amides is 1. The molecule has 6 heteroatoms. The SMILES string of the molecule is CC(C)(CCn1c(=O)n(CC2CC2)c2ccccc21)NC(=O)O. The third-order valence-corrected chi connectivity index (χ3v) is 4.47. The van der Waals surface area contributed by atoms with Gasteiger partial charge in [-0.25, -0.2) is 9.59 Å². The van der Waals surface area contributed by atoms with Crippen molar-refractivity contribution in [3.05, 3.63) is 34.7 Å². The normalized spacial score (nSPS) is 15.0. The van der Waals surface area contributed by atoms with Crippen molar-refractivity contribution in [1.29, 1.82) is 0 Å². The van der Waals surface area contributed by atoms with E-state index in [0.717, 1.165) is 17.6 Å². The van der Waals surface area contributed by atoms with Crippen LogP contribution in [0.25, 0.3) is 11.0 Å². The zero-order valence-corrected chi connectivity index (χ0v) is 13.6. The summed E-state index contributed by atoms with van der Waals surface area (Å²) in [6.45, 7) is 4.93. The molecule has 124 valence electrons. The van der Waals surface area contributed by atoms with Crippen LogP contribution in [0, 0.1) is 5.92 Å². The molecule has 1 fully saturated rings. The van der Waals surface area contributed by atoms with E-state index in [9.17, 15) is 9.59 Å². The Morgan fingerprint density at radius 2 is 1.87 bits per heavy atom. The van der Waals surface area contributed by atoms with Gasteiger partial charge in [-0.3, -0.25) is 9.13 Å². The summed E-state index contributed by atoms with van der Waals surface area (Å²) in [5.74, 6) is 0.622. The molecule has 0 bridgehead atoms. The van der Waals surface area contributed by atoms with E-state index < -0.39 is 11.6 Å². The Bertz CT molecular complexity index is 784. The first-order valence-corrected chi connectivity index (χ1v) is 8.06. The molecule has 1 heterocycles. The van der Waals surface area contributed by atoms with Crippen molar-refractivity contribution in [2.24, 2.45) is 5.92 Å². The summed E-state index contributed by atoms with van der Waals surface area (Å²) in [7, 11) is 0. The number of rotatable bonds is 6. The van der Waals surface area contributed by atoms with Crippen molar-refractivity contribution in [2.45, 2.75) is 51.7 Å². The molecule has 1 aromatic heterocycles. The lowest BCUT2D eigenvalue weighted by Crippen LogP contribution is -2.43. The summed E-state index contributed by atoms with van der Waals surface area (Å²) in [4.78, 5) is 23.6. The molecule has 0 radical (unpaired) electrons. The van der Waals surface area contributed by atoms with Gasteiger partial charge >= 0.3 is 11.8 Å². The Morgan fingerprint density at radius 1 is 1.26 bits per heavy atom. The lowest BCUT2D eigenvalue weighted by atomic mass is 10.0. The minimum Gasteiger partial charge on any atom is -0.465 e. The number of nitrogens with one attached hydrogen (secondary N) is 1. The van der Waals surface area contributed by atoms with E-state index in [0.29, 0.717) is 18.9 Å². The maximum atomic E-state index is 12.8. The van der Waals surface area contributed by atoms with Crippen LogP contribution in [0.2, 0.25) is 0 Å². The number of hydrogen-bond donors (Lipinski definition) is 2. The predicted octanol–water partition coefficient (Wildman–Crippen LogP) is 2.65. The van der Waals surface area contributed by atoms with E-state index in [2.05, 4.69) is 5.32 Å². The molecule has 0 unspecified atom stereocenters. The summed E-state index contributed by atoms with van der Waals surface area (Å²) >= 11 is 0. The van der Waals surface area contributed by atoms with Crippen LogP contribution in [0.5, 0.6) is 0 Å². The molecule has 1 aliphatic rings. The van der Waals surface area contributed by atoms with Gasteiger partial charge in [0.2, 0.25) is 0 Å². The fourth-order valence-electron chi connectivity index (χ4n) is 2.97. The summed E-state index contributed by atoms with van der Waals surface area (Å²) in [6.07, 6.45) is 1.90. The van der Waals surface area contributed by atoms with Gasteiger partial charge < -0.3 is 10.4 Å². The van der Waals surface area contributed by atoms with Crippen LogP contribution in [0.15, 0.2) is 29.1 Å². The molecule has 2 N–H and O–H groups in total. The summed E-state index contributed by atoms with van der Waals surface area (Å²) in [5.41, 5.74) is 1.31. The zero-order chi connectivity index (χ0) is 16.6. The van der Waals surface area contributed by atoms with Crippen LogP contribution in [0.1, 0.15) is 33.1 Å². The monoisotopic (exact) mass is 317 g/mol. The lowest BCUT2D eigenvalue weighted by molar-refractivity contribution is 0.179. The summed E-state index contributed by atoms with van der Waals surface area (Å²) in [6, 6.07) is 7.82. The number of imidazole rings is 1. The van der Waals surface area contributed by atoms with E-state index in [1.807, 2.05) is 42.7 Å². The number of carbonyl (C=O) groups is 1. The highest BCUT2D eigenvalue weighted by Crippen LogP contribution is 2.31. The van der Waals surface area contributed by atoms with Crippen LogP contribution in [0.4, 0.5) is 4.79 Å². The number of aromatic nitrogens is 2. The van der Waals surface area contributed by atoms with Gasteiger partial charge in [-0.1, -0.05) is 12.1 Å². The second kappa shape index (κ2) is 5.76. The molecule has 1 saturated carbocycles. The average molecular weight is 317 g/mol. The minimum absolute atomic E-state index is 0.00391. The third kappa shape index (κ3) is 3.41. The predicted molar refractivity (Wildman–Crippen MR) is 88.8 cm³/mol. The molecule has 1 aromatic carbocycles. The molecule has 3 rings (SSSR count). The van der Waals surface area contributed by atoms with E-state index >= 15 is 0 Å². The van der Waals surface area contributed by atoms with Crippen molar-refractivity contribution in [1.82, 2.24) is 14.5 Å². The number of nitrogens with zero attached hydrogens (tertiary/aromatic N) is 2. The fraction of sp³-hybridized carbons (Fsp3) is 0.529. The highest BCUT2D eigenvalue weighted by Gasteiger charge is 2.25. The molecule has 0 saturated heterocycles. The van der Waals surface area contributed by atoms with Crippen molar-refractivity contribution >= 4 is 17.1 Å². The maximum Gasteiger partial charge on any atom is 0.405 e. The Hall–Kier alpha value is -2.24. The number of benzene rings is 1. The first-order valence-electron chi connectivity index (χ1n) is 8.06. The number of fused-ring (bicyclic) bond motifs is 1. The Balaban J connectivity index is 1.89. The van der Waals surface area contributed by atoms with Gasteiger partial charge in [-0.05, 0) is 51.2 Å². The maximum absolute atomic E-state index is 12.8. The average Bonchev–Trinajstić information content (AvgIpc) is 3.23. The quantitative estimate of drug-likeness (QED) is 0.860. The van der Waals surface area contributed by atoms with Crippen LogP contribution in [-0.2, 0) is 13.1 Å². The van der Waals surface area contributed by atoms with Gasteiger partial charge in [0.15, 0.2) is 0 Å². The first kappa shape index (κ1) is 15.6. The van der Waals surface area contributed by atoms with E-state index in [4.69, 9.17) is 5.11 Å². The van der Waals surface area contributed by atoms with Crippen LogP contribution < -0.4 is 11.0 Å². The summed E-state index contributed by atoms with van der Waals surface area (Å²) in [5, 5.41) is 11.4. The van der Waals surface area contributed by atoms with Gasteiger partial charge in [0.05, 0.1) is 11.0 Å². The summed E-state index contributed by atoms with van der Waals surface area (Å²) < 4.78 is 3.63. The van der Waals surface area contributed by atoms with Crippen LogP contribution >= 0.6 is 0 Å². The number of carboxylic acid groups (broad SMARTS) is 1. The van der Waals surface area contributed by atoms with E-state index in [1.54, 1.807) is 4.57 Å². The van der Waals surface area contributed by atoms with Gasteiger partial charge in [-0.2, -0.15) is 0 Å². The Labute approximate surface area is 134 Å². The van der Waals surface area contributed by atoms with Crippen LogP contribution in [-0.4, -0.2) is 25.9 Å². The first-order chi connectivity index (χ1) is 10.9. The molecule has 1 amide bonds. The molecule has 0 spiro atoms. The Kier molecular flexibility index (Phi) is 3.92. The largest absolute Gasteiger partial charge is 0.465 e. The molecule has 6 nitrogen and oxygen atoms in total. The van der Waals surface area contributed by atoms with Crippen molar-refractivity contribution < 1.29 is 9.90 Å². The van der Waals surface area contributed by atoms with Gasteiger partial charge in [0.1, 0.15) is 0 Å². The second-order valence-electron chi connectivity index (χ2n) is 7.04. The minimum atomic E-state index is -1.04. The smallest absolute Gasteiger partial charge is 0.405 e. The molecule has 0 aliphatic heterocycles.